The van der Waals surface area contributed by atoms with E-state index >= 15 is 0 Å². The van der Waals surface area contributed by atoms with E-state index in [9.17, 15) is 4.39 Å². The van der Waals surface area contributed by atoms with Crippen molar-refractivity contribution >= 4 is 22.7 Å². The molecule has 0 saturated heterocycles. The Morgan fingerprint density at radius 2 is 1.75 bits per heavy atom. The zero-order chi connectivity index (χ0) is 21.8. The fourth-order valence-corrected chi connectivity index (χ4v) is 4.23. The van der Waals surface area contributed by atoms with Gasteiger partial charge in [-0.15, -0.1) is 0 Å². The molecule has 4 rings (SSSR count). The molecule has 6 nitrogen and oxygen atoms in total. The molecule has 1 saturated carbocycles. The third-order valence-electron chi connectivity index (χ3n) is 5.89. The van der Waals surface area contributed by atoms with E-state index in [0.29, 0.717) is 24.6 Å². The lowest BCUT2D eigenvalue weighted by Crippen LogP contribution is -2.37. The summed E-state index contributed by atoms with van der Waals surface area (Å²) in [6, 6.07) is 13.5. The Kier molecular flexibility index (Phi) is 7.85. The first-order valence-corrected chi connectivity index (χ1v) is 10.8. The summed E-state index contributed by atoms with van der Waals surface area (Å²) in [5, 5.41) is 8.16. The van der Waals surface area contributed by atoms with E-state index in [2.05, 4.69) is 16.7 Å². The van der Waals surface area contributed by atoms with Crippen LogP contribution in [0.25, 0.3) is 10.9 Å². The molecule has 0 radical (unpaired) electrons. The number of nitrogens with zero attached hydrogens (tertiary/aromatic N) is 3. The number of fused-ring (bicyclic) bond motifs is 1. The summed E-state index contributed by atoms with van der Waals surface area (Å²) in [6.45, 7) is 0.601. The van der Waals surface area contributed by atoms with Gasteiger partial charge in [-0.2, -0.15) is 4.98 Å². The highest BCUT2D eigenvalue weighted by Crippen LogP contribution is 2.27. The Balaban J connectivity index is 0.00000289. The first-order valence-electron chi connectivity index (χ1n) is 10.8. The molecule has 7 heteroatoms. The van der Waals surface area contributed by atoms with Crippen LogP contribution in [0.2, 0.25) is 0 Å². The smallest absolute Gasteiger partial charge is 0.225 e. The summed E-state index contributed by atoms with van der Waals surface area (Å²) in [7, 11) is 5.62. The Morgan fingerprint density at radius 1 is 1.03 bits per heavy atom. The summed E-state index contributed by atoms with van der Waals surface area (Å²) in [5.74, 6) is 2.09. The van der Waals surface area contributed by atoms with E-state index in [1.807, 2.05) is 37.2 Å². The molecule has 3 aromatic rings. The van der Waals surface area contributed by atoms with Crippen LogP contribution in [0.3, 0.4) is 0 Å². The molecule has 0 amide bonds. The van der Waals surface area contributed by atoms with Crippen molar-refractivity contribution in [3.63, 3.8) is 0 Å². The van der Waals surface area contributed by atoms with E-state index in [1.165, 1.54) is 6.07 Å². The summed E-state index contributed by atoms with van der Waals surface area (Å²) < 4.78 is 18.9. The monoisotopic (exact) mass is 439 g/mol. The topological polar surface area (TPSA) is 62.3 Å². The highest BCUT2D eigenvalue weighted by molar-refractivity contribution is 5.90. The van der Waals surface area contributed by atoms with Crippen molar-refractivity contribution in [3.8, 4) is 5.75 Å². The van der Waals surface area contributed by atoms with Crippen molar-refractivity contribution in [1.29, 1.82) is 0 Å². The number of nitrogens with one attached hydrogen (secondary N) is 2. The zero-order valence-electron chi connectivity index (χ0n) is 18.4. The minimum atomic E-state index is -0.238. The van der Waals surface area contributed by atoms with Crippen molar-refractivity contribution in [3.05, 3.63) is 53.8 Å². The van der Waals surface area contributed by atoms with Gasteiger partial charge >= 0.3 is 0 Å². The fourth-order valence-electron chi connectivity index (χ4n) is 4.23. The van der Waals surface area contributed by atoms with E-state index < -0.39 is 0 Å². The number of halogens is 1. The fraction of sp³-hybridized carbons (Fsp3) is 0.440. The SMILES string of the molecule is C.COc1ccc(F)cc1CNC1CCC(Nc2nc(N(C)C)c3ccccc3n2)CC1. The maximum Gasteiger partial charge on any atom is 0.225 e. The van der Waals surface area contributed by atoms with E-state index in [-0.39, 0.29) is 13.2 Å². The molecule has 1 aliphatic rings. The van der Waals surface area contributed by atoms with E-state index in [4.69, 9.17) is 14.7 Å². The van der Waals surface area contributed by atoms with Gasteiger partial charge in [-0.05, 0) is 56.0 Å². The molecule has 1 fully saturated rings. The van der Waals surface area contributed by atoms with Gasteiger partial charge in [0.1, 0.15) is 17.4 Å². The average molecular weight is 440 g/mol. The third kappa shape index (κ3) is 5.46. The van der Waals surface area contributed by atoms with E-state index in [1.54, 1.807) is 19.2 Å². The van der Waals surface area contributed by atoms with Crippen LogP contribution >= 0.6 is 0 Å². The van der Waals surface area contributed by atoms with Crippen LogP contribution in [0.5, 0.6) is 5.75 Å². The van der Waals surface area contributed by atoms with E-state index in [0.717, 1.165) is 53.7 Å². The van der Waals surface area contributed by atoms with Crippen molar-refractivity contribution in [2.45, 2.75) is 51.7 Å². The van der Waals surface area contributed by atoms with Crippen LogP contribution in [0, 0.1) is 5.82 Å². The summed E-state index contributed by atoms with van der Waals surface area (Å²) >= 11 is 0. The van der Waals surface area contributed by atoms with Crippen molar-refractivity contribution in [2.75, 3.05) is 31.4 Å². The summed E-state index contributed by atoms with van der Waals surface area (Å²) in [6.07, 6.45) is 4.16. The highest BCUT2D eigenvalue weighted by Gasteiger charge is 2.22. The molecule has 2 N–H and O–H groups in total. The lowest BCUT2D eigenvalue weighted by Gasteiger charge is -2.30. The van der Waals surface area contributed by atoms with Gasteiger partial charge in [0.2, 0.25) is 5.95 Å². The van der Waals surface area contributed by atoms with Gasteiger partial charge < -0.3 is 20.3 Å². The Hall–Kier alpha value is -2.93. The lowest BCUT2D eigenvalue weighted by molar-refractivity contribution is 0.347. The van der Waals surface area contributed by atoms with Gasteiger partial charge in [0, 0.05) is 43.7 Å². The van der Waals surface area contributed by atoms with Crippen molar-refractivity contribution in [2.24, 2.45) is 0 Å². The quantitative estimate of drug-likeness (QED) is 0.541. The van der Waals surface area contributed by atoms with Gasteiger partial charge in [0.25, 0.3) is 0 Å². The maximum absolute atomic E-state index is 13.6. The standard InChI is InChI=1S/C24H30FN5O.CH4/c1-30(2)23-20-6-4-5-7-21(20)28-24(29-23)27-19-11-9-18(10-12-19)26-15-16-14-17(25)8-13-22(16)31-3;/h4-8,13-14,18-19,26H,9-12,15H2,1-3H3,(H,27,28,29);1H4. The molecular formula is C25H34FN5O. The minimum absolute atomic E-state index is 0. The number of methoxy groups -OCH3 is 1. The molecule has 172 valence electrons. The molecular weight excluding hydrogens is 405 g/mol. The molecule has 0 spiro atoms. The van der Waals surface area contributed by atoms with Gasteiger partial charge in [-0.3, -0.25) is 0 Å². The Morgan fingerprint density at radius 3 is 2.47 bits per heavy atom. The predicted octanol–water partition coefficient (Wildman–Crippen LogP) is 4.99. The minimum Gasteiger partial charge on any atom is -0.496 e. The van der Waals surface area contributed by atoms with Crippen LogP contribution in [-0.4, -0.2) is 43.3 Å². The van der Waals surface area contributed by atoms with Crippen LogP contribution in [0.15, 0.2) is 42.5 Å². The summed E-state index contributed by atoms with van der Waals surface area (Å²) in [4.78, 5) is 11.5. The van der Waals surface area contributed by atoms with Gasteiger partial charge in [0.05, 0.1) is 12.6 Å². The van der Waals surface area contributed by atoms with Gasteiger partial charge in [0.15, 0.2) is 0 Å². The second-order valence-electron chi connectivity index (χ2n) is 8.31. The Labute approximate surface area is 190 Å². The van der Waals surface area contributed by atoms with Crippen molar-refractivity contribution in [1.82, 2.24) is 15.3 Å². The zero-order valence-corrected chi connectivity index (χ0v) is 18.4. The lowest BCUT2D eigenvalue weighted by atomic mass is 9.91. The highest BCUT2D eigenvalue weighted by atomic mass is 19.1. The third-order valence-corrected chi connectivity index (χ3v) is 5.89. The number of hydrogen-bond acceptors (Lipinski definition) is 6. The predicted molar refractivity (Wildman–Crippen MR) is 130 cm³/mol. The van der Waals surface area contributed by atoms with Crippen molar-refractivity contribution < 1.29 is 9.13 Å². The number of rotatable bonds is 7. The number of anilines is 2. The number of para-hydroxylation sites is 1. The molecule has 32 heavy (non-hydrogen) atoms. The first kappa shape index (κ1) is 23.7. The van der Waals surface area contributed by atoms with Gasteiger partial charge in [-0.1, -0.05) is 19.6 Å². The molecule has 0 unspecified atom stereocenters. The number of aromatic nitrogens is 2. The van der Waals surface area contributed by atoms with Crippen LogP contribution in [-0.2, 0) is 6.54 Å². The molecule has 1 aromatic heterocycles. The number of ether oxygens (including phenoxy) is 1. The number of hydrogen-bond donors (Lipinski definition) is 2. The maximum atomic E-state index is 13.6. The molecule has 1 aliphatic carbocycles. The normalized spacial score (nSPS) is 18.1. The molecule has 0 bridgehead atoms. The van der Waals surface area contributed by atoms with Crippen LogP contribution in [0.4, 0.5) is 16.2 Å². The summed E-state index contributed by atoms with van der Waals surface area (Å²) in [5.41, 5.74) is 1.80. The second kappa shape index (κ2) is 10.6. The average Bonchev–Trinajstić information content (AvgIpc) is 2.78. The van der Waals surface area contributed by atoms with Crippen LogP contribution in [0.1, 0.15) is 38.7 Å². The largest absolute Gasteiger partial charge is 0.496 e. The molecule has 2 aromatic carbocycles. The van der Waals surface area contributed by atoms with Crippen LogP contribution < -0.4 is 20.3 Å². The molecule has 1 heterocycles. The first-order chi connectivity index (χ1) is 15.0. The molecule has 0 aliphatic heterocycles. The Bertz CT molecular complexity index is 1030. The molecule has 0 atom stereocenters. The second-order valence-corrected chi connectivity index (χ2v) is 8.31. The number of benzene rings is 2. The van der Waals surface area contributed by atoms with Gasteiger partial charge in [-0.25, -0.2) is 9.37 Å².